The van der Waals surface area contributed by atoms with Crippen LogP contribution in [0.4, 0.5) is 10.6 Å². The third kappa shape index (κ3) is 3.37. The summed E-state index contributed by atoms with van der Waals surface area (Å²) in [5, 5.41) is 26.2. The summed E-state index contributed by atoms with van der Waals surface area (Å²) in [6.07, 6.45) is 5.37. The van der Waals surface area contributed by atoms with Crippen LogP contribution in [0.15, 0.2) is 42.9 Å². The van der Waals surface area contributed by atoms with Crippen LogP contribution in [-0.2, 0) is 6.42 Å². The van der Waals surface area contributed by atoms with Crippen molar-refractivity contribution in [2.24, 2.45) is 5.92 Å². The summed E-state index contributed by atoms with van der Waals surface area (Å²) in [6, 6.07) is 10.9. The van der Waals surface area contributed by atoms with Crippen LogP contribution in [0.2, 0.25) is 0 Å². The van der Waals surface area contributed by atoms with Crippen LogP contribution in [0.5, 0.6) is 0 Å². The van der Waals surface area contributed by atoms with Gasteiger partial charge in [0.1, 0.15) is 17.8 Å². The van der Waals surface area contributed by atoms with Crippen LogP contribution in [0.1, 0.15) is 42.5 Å². The Morgan fingerprint density at radius 1 is 1.20 bits per heavy atom. The Bertz CT molecular complexity index is 1080. The zero-order valence-corrected chi connectivity index (χ0v) is 16.5. The minimum atomic E-state index is -1.06. The van der Waals surface area contributed by atoms with Crippen LogP contribution in [0.3, 0.4) is 0 Å². The van der Waals surface area contributed by atoms with E-state index in [0.717, 1.165) is 29.7 Å². The number of hydrogen-bond donors (Lipinski definition) is 4. The highest BCUT2D eigenvalue weighted by Gasteiger charge is 2.35. The predicted octanol–water partition coefficient (Wildman–Crippen LogP) is 3.11. The Morgan fingerprint density at radius 2 is 2.07 bits per heavy atom. The molecule has 3 aromatic rings. The van der Waals surface area contributed by atoms with Gasteiger partial charge in [-0.25, -0.2) is 14.8 Å². The molecule has 4 atom stereocenters. The first-order valence-corrected chi connectivity index (χ1v) is 10.4. The number of rotatable bonds is 5. The van der Waals surface area contributed by atoms with Crippen molar-refractivity contribution >= 4 is 22.9 Å². The van der Waals surface area contributed by atoms with Gasteiger partial charge >= 0.3 is 6.09 Å². The van der Waals surface area contributed by atoms with E-state index in [1.165, 1.54) is 11.1 Å². The summed E-state index contributed by atoms with van der Waals surface area (Å²) in [4.78, 5) is 19.8. The van der Waals surface area contributed by atoms with E-state index in [1.807, 2.05) is 12.3 Å². The number of aryl methyl sites for hydroxylation is 1. The molecule has 0 bridgehead atoms. The molecule has 1 aromatic carbocycles. The third-order valence-corrected chi connectivity index (χ3v) is 6.49. The largest absolute Gasteiger partial charge is 0.465 e. The standard InChI is InChI=1S/C22H25N5O3/c28-19-10-15(9-14(19)11-23-22(29)30)27-8-7-17-20(24-12-25-21(17)27)26-18-6-5-13-3-1-2-4-16(13)18/h1-4,7-8,12,14-15,18-19,23,28H,5-6,9-11H2,(H,29,30)(H,24,25,26)/t14-,15+,18-,19+/m0/s1. The van der Waals surface area contributed by atoms with Gasteiger partial charge in [0.15, 0.2) is 0 Å². The SMILES string of the molecule is O=C(O)NC[C@@H]1C[C@@H](n2ccc3c(N[C@H]4CCc5ccccc54)ncnc32)C[C@H]1O. The lowest BCUT2D eigenvalue weighted by atomic mass is 10.1. The van der Waals surface area contributed by atoms with Gasteiger partial charge in [0.05, 0.1) is 17.5 Å². The molecule has 2 aliphatic carbocycles. The first-order chi connectivity index (χ1) is 14.6. The van der Waals surface area contributed by atoms with Gasteiger partial charge in [-0.05, 0) is 42.9 Å². The Hall–Kier alpha value is -3.13. The van der Waals surface area contributed by atoms with Crippen LogP contribution < -0.4 is 10.6 Å². The molecule has 2 aromatic heterocycles. The van der Waals surface area contributed by atoms with Crippen LogP contribution >= 0.6 is 0 Å². The topological polar surface area (TPSA) is 112 Å². The third-order valence-electron chi connectivity index (χ3n) is 6.49. The van der Waals surface area contributed by atoms with Gasteiger partial charge in [-0.3, -0.25) is 0 Å². The van der Waals surface area contributed by atoms with Crippen molar-refractivity contribution in [2.45, 2.75) is 43.9 Å². The molecule has 0 spiro atoms. The molecule has 1 amide bonds. The van der Waals surface area contributed by atoms with Crippen LogP contribution in [0.25, 0.3) is 11.0 Å². The zero-order chi connectivity index (χ0) is 20.7. The lowest BCUT2D eigenvalue weighted by Crippen LogP contribution is -2.31. The molecule has 156 valence electrons. The van der Waals surface area contributed by atoms with E-state index >= 15 is 0 Å². The fourth-order valence-electron chi connectivity index (χ4n) is 4.99. The Labute approximate surface area is 174 Å². The maximum Gasteiger partial charge on any atom is 0.404 e. The number of benzene rings is 1. The first-order valence-electron chi connectivity index (χ1n) is 10.4. The van der Waals surface area contributed by atoms with Gasteiger partial charge in [-0.15, -0.1) is 0 Å². The molecule has 0 radical (unpaired) electrons. The minimum Gasteiger partial charge on any atom is -0.465 e. The molecule has 1 fully saturated rings. The monoisotopic (exact) mass is 407 g/mol. The maximum absolute atomic E-state index is 10.8. The Morgan fingerprint density at radius 3 is 2.93 bits per heavy atom. The van der Waals surface area contributed by atoms with E-state index in [9.17, 15) is 9.90 Å². The number of hydrogen-bond acceptors (Lipinski definition) is 5. The van der Waals surface area contributed by atoms with E-state index in [-0.39, 0.29) is 24.5 Å². The van der Waals surface area contributed by atoms with Gasteiger partial charge in [0.2, 0.25) is 0 Å². The number of aliphatic hydroxyl groups excluding tert-OH is 1. The highest BCUT2D eigenvalue weighted by Crippen LogP contribution is 2.38. The lowest BCUT2D eigenvalue weighted by molar-refractivity contribution is 0.128. The highest BCUT2D eigenvalue weighted by molar-refractivity contribution is 5.87. The van der Waals surface area contributed by atoms with Crippen LogP contribution in [-0.4, -0.2) is 43.5 Å². The number of carboxylic acid groups (broad SMARTS) is 1. The number of nitrogens with one attached hydrogen (secondary N) is 2. The molecule has 5 rings (SSSR count). The van der Waals surface area contributed by atoms with Crippen molar-refractivity contribution in [1.29, 1.82) is 0 Å². The number of aromatic nitrogens is 3. The number of fused-ring (bicyclic) bond motifs is 2. The predicted molar refractivity (Wildman–Crippen MR) is 112 cm³/mol. The fraction of sp³-hybridized carbons (Fsp3) is 0.409. The van der Waals surface area contributed by atoms with Crippen molar-refractivity contribution in [3.05, 3.63) is 54.0 Å². The molecule has 0 unspecified atom stereocenters. The number of carbonyl (C=O) groups is 1. The normalized spacial score (nSPS) is 25.4. The van der Waals surface area contributed by atoms with Crippen molar-refractivity contribution in [2.75, 3.05) is 11.9 Å². The molecule has 2 heterocycles. The number of anilines is 1. The smallest absolute Gasteiger partial charge is 0.404 e. The fourth-order valence-corrected chi connectivity index (χ4v) is 4.99. The lowest BCUT2D eigenvalue weighted by Gasteiger charge is -2.16. The van der Waals surface area contributed by atoms with E-state index in [4.69, 9.17) is 5.11 Å². The van der Waals surface area contributed by atoms with Crippen molar-refractivity contribution in [1.82, 2.24) is 19.9 Å². The summed E-state index contributed by atoms with van der Waals surface area (Å²) in [5.41, 5.74) is 3.55. The van der Waals surface area contributed by atoms with Gasteiger partial charge < -0.3 is 25.4 Å². The average molecular weight is 407 g/mol. The summed E-state index contributed by atoms with van der Waals surface area (Å²) in [6.45, 7) is 0.259. The molecule has 1 saturated carbocycles. The van der Waals surface area contributed by atoms with Crippen molar-refractivity contribution < 1.29 is 15.0 Å². The molecular weight excluding hydrogens is 382 g/mol. The number of amides is 1. The highest BCUT2D eigenvalue weighted by atomic mass is 16.4. The van der Waals surface area contributed by atoms with Gasteiger partial charge in [-0.1, -0.05) is 24.3 Å². The first kappa shape index (κ1) is 18.9. The Kier molecular flexibility index (Phi) is 4.78. The summed E-state index contributed by atoms with van der Waals surface area (Å²) in [5.74, 6) is 0.723. The molecule has 0 saturated heterocycles. The second-order valence-electron chi connectivity index (χ2n) is 8.26. The van der Waals surface area contributed by atoms with Gasteiger partial charge in [0.25, 0.3) is 0 Å². The van der Waals surface area contributed by atoms with E-state index < -0.39 is 12.2 Å². The Balaban J connectivity index is 1.38. The molecular formula is C22H25N5O3. The molecule has 2 aliphatic rings. The van der Waals surface area contributed by atoms with Crippen LogP contribution in [0, 0.1) is 5.92 Å². The van der Waals surface area contributed by atoms with E-state index in [0.29, 0.717) is 12.8 Å². The molecule has 8 nitrogen and oxygen atoms in total. The molecule has 8 heteroatoms. The van der Waals surface area contributed by atoms with E-state index in [2.05, 4.69) is 49.4 Å². The van der Waals surface area contributed by atoms with E-state index in [1.54, 1.807) is 6.33 Å². The average Bonchev–Trinajstić information content (AvgIpc) is 3.44. The second-order valence-corrected chi connectivity index (χ2v) is 8.26. The maximum atomic E-state index is 10.8. The summed E-state index contributed by atoms with van der Waals surface area (Å²) >= 11 is 0. The van der Waals surface area contributed by atoms with Gasteiger partial charge in [-0.2, -0.15) is 0 Å². The summed E-state index contributed by atoms with van der Waals surface area (Å²) in [7, 11) is 0. The quantitative estimate of drug-likeness (QED) is 0.517. The number of aliphatic hydroxyl groups is 1. The number of nitrogens with zero attached hydrogens (tertiary/aromatic N) is 3. The molecule has 0 aliphatic heterocycles. The van der Waals surface area contributed by atoms with Crippen molar-refractivity contribution in [3.63, 3.8) is 0 Å². The molecule has 30 heavy (non-hydrogen) atoms. The zero-order valence-electron chi connectivity index (χ0n) is 16.5. The minimum absolute atomic E-state index is 0.0769. The summed E-state index contributed by atoms with van der Waals surface area (Å²) < 4.78 is 2.09. The van der Waals surface area contributed by atoms with Crippen molar-refractivity contribution in [3.8, 4) is 0 Å². The van der Waals surface area contributed by atoms with Gasteiger partial charge in [0, 0.05) is 24.7 Å². The molecule has 4 N–H and O–H groups in total. The second kappa shape index (κ2) is 7.60.